The van der Waals surface area contributed by atoms with Crippen molar-refractivity contribution in [1.82, 2.24) is 5.32 Å². The van der Waals surface area contributed by atoms with E-state index in [0.29, 0.717) is 12.1 Å². The fraction of sp³-hybridized carbons (Fsp3) is 0.500. The summed E-state index contributed by atoms with van der Waals surface area (Å²) < 4.78 is 10.5. The predicted molar refractivity (Wildman–Crippen MR) is 78.2 cm³/mol. The molecule has 1 atom stereocenters. The van der Waals surface area contributed by atoms with Crippen LogP contribution in [0.3, 0.4) is 0 Å². The van der Waals surface area contributed by atoms with E-state index >= 15 is 0 Å². The number of esters is 1. The molecule has 1 amide bonds. The van der Waals surface area contributed by atoms with Crippen LogP contribution >= 0.6 is 0 Å². The van der Waals surface area contributed by atoms with Crippen molar-refractivity contribution in [3.05, 3.63) is 34.9 Å². The molecule has 2 rings (SSSR count). The van der Waals surface area contributed by atoms with Crippen molar-refractivity contribution in [2.24, 2.45) is 0 Å². The first-order valence-corrected chi connectivity index (χ1v) is 7.19. The lowest BCUT2D eigenvalue weighted by atomic mass is 10.1. The van der Waals surface area contributed by atoms with Gasteiger partial charge in [-0.1, -0.05) is 17.7 Å². The van der Waals surface area contributed by atoms with Crippen LogP contribution in [-0.2, 0) is 14.3 Å². The van der Waals surface area contributed by atoms with Crippen molar-refractivity contribution in [2.45, 2.75) is 32.8 Å². The number of hydrogen-bond acceptors (Lipinski definition) is 4. The molecular formula is C16H21NO4. The number of hydrogen-bond donors (Lipinski definition) is 1. The van der Waals surface area contributed by atoms with Gasteiger partial charge in [0, 0.05) is 13.2 Å². The minimum absolute atomic E-state index is 0.0867. The number of aryl methyl sites for hydroxylation is 2. The topological polar surface area (TPSA) is 64.6 Å². The molecule has 0 radical (unpaired) electrons. The van der Waals surface area contributed by atoms with Gasteiger partial charge >= 0.3 is 5.97 Å². The lowest BCUT2D eigenvalue weighted by molar-refractivity contribution is -0.124. The van der Waals surface area contributed by atoms with E-state index in [1.807, 2.05) is 26.0 Å². The first-order chi connectivity index (χ1) is 10.1. The van der Waals surface area contributed by atoms with Gasteiger partial charge in [0.05, 0.1) is 11.7 Å². The summed E-state index contributed by atoms with van der Waals surface area (Å²) in [5.41, 5.74) is 2.32. The molecule has 0 aliphatic carbocycles. The number of benzene rings is 1. The monoisotopic (exact) mass is 291 g/mol. The molecular weight excluding hydrogens is 270 g/mol. The number of carbonyl (C=O) groups excluding carboxylic acids is 2. The molecule has 1 fully saturated rings. The van der Waals surface area contributed by atoms with E-state index < -0.39 is 5.97 Å². The Morgan fingerprint density at radius 3 is 2.90 bits per heavy atom. The van der Waals surface area contributed by atoms with Crippen LogP contribution in [0.15, 0.2) is 18.2 Å². The molecule has 0 saturated carbocycles. The standard InChI is InChI=1S/C16H21NO4/c1-11-5-6-12(2)14(8-11)16(19)21-10-15(18)17-9-13-4-3-7-20-13/h5-6,8,13H,3-4,7,9-10H2,1-2H3,(H,17,18)/t13-/m0/s1. The smallest absolute Gasteiger partial charge is 0.338 e. The van der Waals surface area contributed by atoms with Crippen molar-refractivity contribution in [2.75, 3.05) is 19.8 Å². The maximum absolute atomic E-state index is 12.0. The van der Waals surface area contributed by atoms with E-state index in [0.717, 1.165) is 30.6 Å². The van der Waals surface area contributed by atoms with Crippen molar-refractivity contribution in [3.8, 4) is 0 Å². The Labute approximate surface area is 124 Å². The normalized spacial score (nSPS) is 17.5. The van der Waals surface area contributed by atoms with Crippen molar-refractivity contribution in [3.63, 3.8) is 0 Å². The van der Waals surface area contributed by atoms with Gasteiger partial charge in [0.15, 0.2) is 6.61 Å². The van der Waals surface area contributed by atoms with E-state index in [1.165, 1.54) is 0 Å². The lowest BCUT2D eigenvalue weighted by Crippen LogP contribution is -2.34. The fourth-order valence-corrected chi connectivity index (χ4v) is 2.25. The maximum atomic E-state index is 12.0. The van der Waals surface area contributed by atoms with Crippen LogP contribution in [0, 0.1) is 13.8 Å². The average molecular weight is 291 g/mol. The second-order valence-electron chi connectivity index (χ2n) is 5.33. The third kappa shape index (κ3) is 4.56. The highest BCUT2D eigenvalue weighted by atomic mass is 16.5. The Hall–Kier alpha value is -1.88. The largest absolute Gasteiger partial charge is 0.452 e. The van der Waals surface area contributed by atoms with Crippen LogP contribution in [0.5, 0.6) is 0 Å². The van der Waals surface area contributed by atoms with E-state index in [-0.39, 0.29) is 18.6 Å². The summed E-state index contributed by atoms with van der Waals surface area (Å²) in [5.74, 6) is -0.771. The summed E-state index contributed by atoms with van der Waals surface area (Å²) in [7, 11) is 0. The van der Waals surface area contributed by atoms with Gasteiger partial charge in [-0.05, 0) is 38.3 Å². The second kappa shape index (κ2) is 7.22. The van der Waals surface area contributed by atoms with Gasteiger partial charge in [0.1, 0.15) is 0 Å². The molecule has 1 saturated heterocycles. The summed E-state index contributed by atoms with van der Waals surface area (Å²) in [4.78, 5) is 23.6. The van der Waals surface area contributed by atoms with Crippen LogP contribution in [0.25, 0.3) is 0 Å². The molecule has 0 unspecified atom stereocenters. The van der Waals surface area contributed by atoms with Crippen LogP contribution < -0.4 is 5.32 Å². The number of rotatable bonds is 5. The second-order valence-corrected chi connectivity index (χ2v) is 5.33. The summed E-state index contributed by atoms with van der Waals surface area (Å²) in [6, 6.07) is 5.56. The number of nitrogens with one attached hydrogen (secondary N) is 1. The highest BCUT2D eigenvalue weighted by Crippen LogP contribution is 2.12. The molecule has 1 aliphatic heterocycles. The van der Waals surface area contributed by atoms with E-state index in [4.69, 9.17) is 9.47 Å². The molecule has 1 N–H and O–H groups in total. The number of carbonyl (C=O) groups is 2. The quantitative estimate of drug-likeness (QED) is 0.840. The summed E-state index contributed by atoms with van der Waals surface area (Å²) >= 11 is 0. The van der Waals surface area contributed by atoms with Gasteiger partial charge in [-0.2, -0.15) is 0 Å². The molecule has 1 heterocycles. The minimum atomic E-state index is -0.469. The van der Waals surface area contributed by atoms with Crippen LogP contribution in [0.1, 0.15) is 34.3 Å². The molecule has 1 aromatic carbocycles. The third-order valence-electron chi connectivity index (χ3n) is 3.50. The third-order valence-corrected chi connectivity index (χ3v) is 3.50. The van der Waals surface area contributed by atoms with Crippen molar-refractivity contribution >= 4 is 11.9 Å². The predicted octanol–water partition coefficient (Wildman–Crippen LogP) is 1.76. The lowest BCUT2D eigenvalue weighted by Gasteiger charge is -2.11. The summed E-state index contributed by atoms with van der Waals surface area (Å²) in [6.45, 7) is 4.71. The van der Waals surface area contributed by atoms with Crippen LogP contribution in [-0.4, -0.2) is 37.7 Å². The Kier molecular flexibility index (Phi) is 5.33. The zero-order valence-electron chi connectivity index (χ0n) is 12.5. The van der Waals surface area contributed by atoms with Crippen molar-refractivity contribution in [1.29, 1.82) is 0 Å². The highest BCUT2D eigenvalue weighted by molar-refractivity contribution is 5.92. The number of ether oxygens (including phenoxy) is 2. The molecule has 0 spiro atoms. The van der Waals surface area contributed by atoms with Gasteiger partial charge in [-0.25, -0.2) is 4.79 Å². The first-order valence-electron chi connectivity index (χ1n) is 7.19. The summed E-state index contributed by atoms with van der Waals surface area (Å²) in [6.07, 6.45) is 2.08. The Morgan fingerprint density at radius 1 is 1.38 bits per heavy atom. The molecule has 5 nitrogen and oxygen atoms in total. The van der Waals surface area contributed by atoms with E-state index in [9.17, 15) is 9.59 Å². The highest BCUT2D eigenvalue weighted by Gasteiger charge is 2.17. The summed E-state index contributed by atoms with van der Waals surface area (Å²) in [5, 5.41) is 2.72. The minimum Gasteiger partial charge on any atom is -0.452 e. The van der Waals surface area contributed by atoms with Gasteiger partial charge in [0.25, 0.3) is 5.91 Å². The zero-order chi connectivity index (χ0) is 15.2. The van der Waals surface area contributed by atoms with E-state index in [1.54, 1.807) is 6.07 Å². The fourth-order valence-electron chi connectivity index (χ4n) is 2.25. The molecule has 114 valence electrons. The number of amides is 1. The van der Waals surface area contributed by atoms with Crippen LogP contribution in [0.2, 0.25) is 0 Å². The zero-order valence-corrected chi connectivity index (χ0v) is 12.5. The SMILES string of the molecule is Cc1ccc(C)c(C(=O)OCC(=O)NC[C@@H]2CCCO2)c1. The molecule has 5 heteroatoms. The Bertz CT molecular complexity index is 521. The average Bonchev–Trinajstić information content (AvgIpc) is 2.98. The van der Waals surface area contributed by atoms with Crippen molar-refractivity contribution < 1.29 is 19.1 Å². The van der Waals surface area contributed by atoms with Crippen LogP contribution in [0.4, 0.5) is 0 Å². The molecule has 0 aromatic heterocycles. The molecule has 0 bridgehead atoms. The first kappa shape index (κ1) is 15.5. The molecule has 1 aliphatic rings. The molecule has 21 heavy (non-hydrogen) atoms. The Balaban J connectivity index is 1.77. The maximum Gasteiger partial charge on any atom is 0.338 e. The van der Waals surface area contributed by atoms with E-state index in [2.05, 4.69) is 5.32 Å². The van der Waals surface area contributed by atoms with Gasteiger partial charge in [0.2, 0.25) is 0 Å². The molecule has 1 aromatic rings. The van der Waals surface area contributed by atoms with Gasteiger partial charge < -0.3 is 14.8 Å². The van der Waals surface area contributed by atoms with Gasteiger partial charge in [-0.3, -0.25) is 4.79 Å². The Morgan fingerprint density at radius 2 is 2.19 bits per heavy atom. The van der Waals surface area contributed by atoms with Gasteiger partial charge in [-0.15, -0.1) is 0 Å².